The van der Waals surface area contributed by atoms with Crippen LogP contribution in [0, 0.1) is 5.92 Å². The van der Waals surface area contributed by atoms with Gasteiger partial charge in [0.1, 0.15) is 0 Å². The van der Waals surface area contributed by atoms with Crippen LogP contribution < -0.4 is 9.47 Å². The van der Waals surface area contributed by atoms with Crippen molar-refractivity contribution in [1.29, 1.82) is 0 Å². The van der Waals surface area contributed by atoms with Crippen LogP contribution in [0.1, 0.15) is 36.0 Å². The third-order valence-electron chi connectivity index (χ3n) is 4.89. The van der Waals surface area contributed by atoms with Crippen LogP contribution in [0.4, 0.5) is 8.78 Å². The Balaban J connectivity index is 1.58. The zero-order valence-electron chi connectivity index (χ0n) is 12.0. The second kappa shape index (κ2) is 4.66. The predicted octanol–water partition coefficient (Wildman–Crippen LogP) is 2.55. The van der Waals surface area contributed by atoms with Gasteiger partial charge in [0.15, 0.2) is 27.1 Å². The fourth-order valence-corrected chi connectivity index (χ4v) is 6.23. The van der Waals surface area contributed by atoms with Gasteiger partial charge < -0.3 is 9.47 Å². The van der Waals surface area contributed by atoms with Crippen molar-refractivity contribution < 1.29 is 31.5 Å². The zero-order valence-corrected chi connectivity index (χ0v) is 12.8. The molecule has 2 unspecified atom stereocenters. The number of sulfone groups is 1. The van der Waals surface area contributed by atoms with Gasteiger partial charge in [-0.05, 0) is 43.9 Å². The number of alkyl halides is 2. The highest BCUT2D eigenvalue weighted by Gasteiger charge is 2.49. The van der Waals surface area contributed by atoms with E-state index in [1.165, 1.54) is 18.2 Å². The molecule has 4 rings (SSSR count). The van der Waals surface area contributed by atoms with Crippen molar-refractivity contribution in [3.8, 4) is 11.5 Å². The quantitative estimate of drug-likeness (QED) is 0.771. The summed E-state index contributed by atoms with van der Waals surface area (Å²) in [5.41, 5.74) is 0.244. The molecule has 0 N–H and O–H groups in total. The van der Waals surface area contributed by atoms with E-state index in [0.717, 1.165) is 0 Å². The molecule has 124 valence electrons. The molecule has 0 radical (unpaired) electrons. The van der Waals surface area contributed by atoms with Gasteiger partial charge in [-0.1, -0.05) is 0 Å². The summed E-state index contributed by atoms with van der Waals surface area (Å²) < 4.78 is 58.9. The molecular formula is C15H14F2O5S. The number of ether oxygens (including phenoxy) is 2. The van der Waals surface area contributed by atoms with Gasteiger partial charge in [-0.25, -0.2) is 8.42 Å². The number of ketones is 1. The summed E-state index contributed by atoms with van der Waals surface area (Å²) in [7, 11) is -3.10. The Hall–Kier alpha value is -1.70. The number of carbonyl (C=O) groups excluding carboxylic acids is 1. The SMILES string of the molecule is O=C(c1ccc2c(c1)OC(F)(F)O2)C1CC2CCC(C1)S2(=O)=O. The zero-order chi connectivity index (χ0) is 16.4. The molecule has 3 heterocycles. The van der Waals surface area contributed by atoms with Crippen LogP contribution in [0.3, 0.4) is 0 Å². The number of Topliss-reactive ketones (excluding diaryl/α,β-unsaturated/α-hetero) is 1. The fraction of sp³-hybridized carbons (Fsp3) is 0.533. The second-order valence-corrected chi connectivity index (χ2v) is 8.78. The van der Waals surface area contributed by atoms with Gasteiger partial charge in [0.05, 0.1) is 10.5 Å². The molecule has 2 bridgehead atoms. The lowest BCUT2D eigenvalue weighted by Gasteiger charge is -2.26. The van der Waals surface area contributed by atoms with E-state index >= 15 is 0 Å². The monoisotopic (exact) mass is 344 g/mol. The first kappa shape index (κ1) is 14.9. The van der Waals surface area contributed by atoms with Gasteiger partial charge in [-0.15, -0.1) is 8.78 Å². The highest BCUT2D eigenvalue weighted by atomic mass is 32.2. The van der Waals surface area contributed by atoms with Crippen LogP contribution in [0.5, 0.6) is 11.5 Å². The van der Waals surface area contributed by atoms with Gasteiger partial charge in [-0.2, -0.15) is 0 Å². The Kier molecular flexibility index (Phi) is 3.01. The first-order valence-corrected chi connectivity index (χ1v) is 9.04. The van der Waals surface area contributed by atoms with E-state index in [1.54, 1.807) is 0 Å². The summed E-state index contributed by atoms with van der Waals surface area (Å²) in [4.78, 5) is 12.6. The van der Waals surface area contributed by atoms with Crippen molar-refractivity contribution >= 4 is 15.6 Å². The van der Waals surface area contributed by atoms with Crippen LogP contribution in [0.2, 0.25) is 0 Å². The van der Waals surface area contributed by atoms with Gasteiger partial charge >= 0.3 is 6.29 Å². The molecule has 1 aromatic carbocycles. The van der Waals surface area contributed by atoms with Crippen molar-refractivity contribution in [2.75, 3.05) is 0 Å². The first-order chi connectivity index (χ1) is 10.8. The Morgan fingerprint density at radius 1 is 1.09 bits per heavy atom. The van der Waals surface area contributed by atoms with Crippen molar-refractivity contribution in [2.24, 2.45) is 5.92 Å². The molecule has 0 saturated carbocycles. The maximum atomic E-state index is 13.0. The van der Waals surface area contributed by atoms with Gasteiger partial charge in [0.25, 0.3) is 0 Å². The minimum atomic E-state index is -3.72. The molecule has 3 aliphatic rings. The molecule has 2 fully saturated rings. The Labute approximate surface area is 131 Å². The van der Waals surface area contributed by atoms with Crippen LogP contribution in [0.25, 0.3) is 0 Å². The molecule has 5 nitrogen and oxygen atoms in total. The van der Waals surface area contributed by atoms with Crippen molar-refractivity contribution in [3.63, 3.8) is 0 Å². The van der Waals surface area contributed by atoms with Crippen molar-refractivity contribution in [3.05, 3.63) is 23.8 Å². The summed E-state index contributed by atoms with van der Waals surface area (Å²) in [5.74, 6) is -0.902. The Bertz CT molecular complexity index is 769. The lowest BCUT2D eigenvalue weighted by atomic mass is 9.90. The van der Waals surface area contributed by atoms with Crippen LogP contribution in [-0.4, -0.2) is 31.0 Å². The predicted molar refractivity (Wildman–Crippen MR) is 75.4 cm³/mol. The number of hydrogen-bond donors (Lipinski definition) is 0. The molecule has 3 aliphatic heterocycles. The summed E-state index contributed by atoms with van der Waals surface area (Å²) in [6.45, 7) is 0. The minimum Gasteiger partial charge on any atom is -0.395 e. The first-order valence-electron chi connectivity index (χ1n) is 7.43. The summed E-state index contributed by atoms with van der Waals surface area (Å²) >= 11 is 0. The maximum absolute atomic E-state index is 13.0. The normalized spacial score (nSPS) is 32.7. The lowest BCUT2D eigenvalue weighted by molar-refractivity contribution is -0.286. The molecule has 8 heteroatoms. The van der Waals surface area contributed by atoms with Crippen LogP contribution in [0.15, 0.2) is 18.2 Å². The number of fused-ring (bicyclic) bond motifs is 3. The van der Waals surface area contributed by atoms with E-state index < -0.39 is 32.5 Å². The smallest absolute Gasteiger partial charge is 0.395 e. The van der Waals surface area contributed by atoms with Crippen molar-refractivity contribution in [1.82, 2.24) is 0 Å². The highest BCUT2D eigenvalue weighted by Crippen LogP contribution is 2.44. The average molecular weight is 344 g/mol. The third kappa shape index (κ3) is 2.31. The molecule has 2 saturated heterocycles. The maximum Gasteiger partial charge on any atom is 0.586 e. The van der Waals surface area contributed by atoms with E-state index in [4.69, 9.17) is 0 Å². The molecule has 0 aromatic heterocycles. The van der Waals surface area contributed by atoms with Gasteiger partial charge in [0, 0.05) is 11.5 Å². The number of hydrogen-bond acceptors (Lipinski definition) is 5. The Morgan fingerprint density at radius 2 is 1.70 bits per heavy atom. The van der Waals surface area contributed by atoms with Crippen LogP contribution in [-0.2, 0) is 9.84 Å². The third-order valence-corrected chi connectivity index (χ3v) is 7.61. The summed E-state index contributed by atoms with van der Waals surface area (Å²) in [5, 5.41) is -0.901. The highest BCUT2D eigenvalue weighted by molar-refractivity contribution is 7.93. The molecule has 0 spiro atoms. The van der Waals surface area contributed by atoms with Gasteiger partial charge in [-0.3, -0.25) is 4.79 Å². The minimum absolute atomic E-state index is 0.113. The largest absolute Gasteiger partial charge is 0.586 e. The number of rotatable bonds is 2. The Morgan fingerprint density at radius 3 is 2.35 bits per heavy atom. The van der Waals surface area contributed by atoms with E-state index in [9.17, 15) is 22.0 Å². The topological polar surface area (TPSA) is 69.7 Å². The van der Waals surface area contributed by atoms with E-state index in [-0.39, 0.29) is 22.8 Å². The number of benzene rings is 1. The van der Waals surface area contributed by atoms with Crippen LogP contribution >= 0.6 is 0 Å². The van der Waals surface area contributed by atoms with E-state index in [0.29, 0.717) is 25.7 Å². The molecule has 0 amide bonds. The molecule has 0 aliphatic carbocycles. The van der Waals surface area contributed by atoms with E-state index in [1.807, 2.05) is 0 Å². The second-order valence-electron chi connectivity index (χ2n) is 6.27. The fourth-order valence-electron chi connectivity index (χ4n) is 3.76. The van der Waals surface area contributed by atoms with E-state index in [2.05, 4.69) is 9.47 Å². The molecular weight excluding hydrogens is 330 g/mol. The van der Waals surface area contributed by atoms with Crippen molar-refractivity contribution in [2.45, 2.75) is 42.5 Å². The molecule has 23 heavy (non-hydrogen) atoms. The summed E-state index contributed by atoms with van der Waals surface area (Å²) in [6, 6.07) is 3.93. The van der Waals surface area contributed by atoms with Gasteiger partial charge in [0.2, 0.25) is 0 Å². The summed E-state index contributed by atoms with van der Waals surface area (Å²) in [6.07, 6.45) is -1.90. The number of carbonyl (C=O) groups is 1. The average Bonchev–Trinajstić information content (AvgIpc) is 2.80. The standard InChI is InChI=1S/C15H14F2O5S/c16-15(17)21-12-4-1-8(7-13(12)22-15)14(18)9-5-10-2-3-11(6-9)23(10,19)20/h1,4,7,9-11H,2-3,5-6H2. The molecule has 1 aromatic rings. The number of halogens is 2. The molecule has 2 atom stereocenters. The lowest BCUT2D eigenvalue weighted by Crippen LogP contribution is -2.36.